The Morgan fingerprint density at radius 1 is 1.19 bits per heavy atom. The number of benzene rings is 1. The van der Waals surface area contributed by atoms with E-state index < -0.39 is 5.97 Å². The first-order chi connectivity index (χ1) is 13.1. The van der Waals surface area contributed by atoms with E-state index >= 15 is 0 Å². The Bertz CT molecular complexity index is 844. The lowest BCUT2D eigenvalue weighted by atomic mass is 10.1. The molecule has 0 aliphatic rings. The summed E-state index contributed by atoms with van der Waals surface area (Å²) in [4.78, 5) is 26.3. The molecule has 0 amide bonds. The molecule has 0 aliphatic carbocycles. The second kappa shape index (κ2) is 10.5. The number of aromatic nitrogens is 1. The molecule has 0 saturated carbocycles. The van der Waals surface area contributed by atoms with Crippen molar-refractivity contribution in [3.05, 3.63) is 39.7 Å². The van der Waals surface area contributed by atoms with Crippen molar-refractivity contribution >= 4 is 28.6 Å². The van der Waals surface area contributed by atoms with Crippen LogP contribution >= 0.6 is 11.8 Å². The van der Waals surface area contributed by atoms with Crippen LogP contribution in [0, 0.1) is 0 Å². The third kappa shape index (κ3) is 5.14. The maximum absolute atomic E-state index is 12.9. The van der Waals surface area contributed by atoms with Gasteiger partial charge in [0.15, 0.2) is 0 Å². The molecule has 0 radical (unpaired) electrons. The third-order valence-corrected chi connectivity index (χ3v) is 5.30. The van der Waals surface area contributed by atoms with E-state index in [0.29, 0.717) is 18.7 Å². The van der Waals surface area contributed by atoms with Crippen molar-refractivity contribution in [2.24, 2.45) is 0 Å². The Balaban J connectivity index is 2.53. The molecule has 148 valence electrons. The normalized spacial score (nSPS) is 11.1. The van der Waals surface area contributed by atoms with Gasteiger partial charge in [-0.1, -0.05) is 26.7 Å². The molecule has 1 aromatic heterocycles. The van der Waals surface area contributed by atoms with Gasteiger partial charge in [0.1, 0.15) is 12.3 Å². The van der Waals surface area contributed by atoms with Gasteiger partial charge in [-0.2, -0.15) is 0 Å². The van der Waals surface area contributed by atoms with E-state index in [2.05, 4.69) is 13.8 Å². The fourth-order valence-electron chi connectivity index (χ4n) is 3.01. The summed E-state index contributed by atoms with van der Waals surface area (Å²) in [6, 6.07) is 3.92. The largest absolute Gasteiger partial charge is 0.462 e. The fraction of sp³-hybridized carbons (Fsp3) is 0.524. The van der Waals surface area contributed by atoms with Gasteiger partial charge in [0.25, 0.3) is 0 Å². The molecule has 27 heavy (non-hydrogen) atoms. The molecule has 5 nitrogen and oxygen atoms in total. The quantitative estimate of drug-likeness (QED) is 0.336. The second-order valence-electron chi connectivity index (χ2n) is 6.34. The van der Waals surface area contributed by atoms with Crippen molar-refractivity contribution in [2.75, 3.05) is 19.5 Å². The summed E-state index contributed by atoms with van der Waals surface area (Å²) in [6.07, 6.45) is 7.66. The Hall–Kier alpha value is -1.79. The van der Waals surface area contributed by atoms with Crippen LogP contribution in [0.1, 0.15) is 56.0 Å². The van der Waals surface area contributed by atoms with Gasteiger partial charge in [-0.05, 0) is 43.7 Å². The van der Waals surface area contributed by atoms with Gasteiger partial charge in [-0.25, -0.2) is 4.79 Å². The number of aryl methyl sites for hydroxylation is 1. The minimum Gasteiger partial charge on any atom is -0.462 e. The molecule has 0 fully saturated rings. The summed E-state index contributed by atoms with van der Waals surface area (Å²) in [5, 5.41) is 0.535. The van der Waals surface area contributed by atoms with E-state index in [1.165, 1.54) is 0 Å². The summed E-state index contributed by atoms with van der Waals surface area (Å²) in [7, 11) is 0. The van der Waals surface area contributed by atoms with Gasteiger partial charge in [0.2, 0.25) is 5.43 Å². The topological polar surface area (TPSA) is 57.5 Å². The highest BCUT2D eigenvalue weighted by atomic mass is 32.2. The van der Waals surface area contributed by atoms with Crippen LogP contribution in [0.2, 0.25) is 0 Å². The van der Waals surface area contributed by atoms with E-state index in [4.69, 9.17) is 9.47 Å². The van der Waals surface area contributed by atoms with Crippen molar-refractivity contribution in [1.82, 2.24) is 4.57 Å². The van der Waals surface area contributed by atoms with Crippen LogP contribution in [0.15, 0.2) is 28.0 Å². The lowest BCUT2D eigenvalue weighted by molar-refractivity contribution is 0.0520. The average molecular weight is 392 g/mol. The Morgan fingerprint density at radius 3 is 2.59 bits per heavy atom. The zero-order valence-corrected chi connectivity index (χ0v) is 17.5. The number of hydrogen-bond donors (Lipinski definition) is 0. The predicted octanol–water partition coefficient (Wildman–Crippen LogP) is 4.63. The number of carbonyl (C=O) groups is 1. The van der Waals surface area contributed by atoms with Gasteiger partial charge >= 0.3 is 5.97 Å². The molecule has 1 aromatic carbocycles. The zero-order valence-electron chi connectivity index (χ0n) is 16.7. The van der Waals surface area contributed by atoms with Gasteiger partial charge in [0, 0.05) is 23.1 Å². The number of pyridine rings is 1. The molecule has 6 heteroatoms. The van der Waals surface area contributed by atoms with Gasteiger partial charge < -0.3 is 14.0 Å². The molecule has 0 bridgehead atoms. The van der Waals surface area contributed by atoms with Crippen LogP contribution in [0.4, 0.5) is 0 Å². The first-order valence-electron chi connectivity index (χ1n) is 9.56. The Labute approximate surface area is 165 Å². The molecule has 0 atom stereocenters. The lowest BCUT2D eigenvalue weighted by Crippen LogP contribution is -2.22. The smallest absolute Gasteiger partial charge is 0.343 e. The van der Waals surface area contributed by atoms with Gasteiger partial charge in [-0.15, -0.1) is 11.8 Å². The Morgan fingerprint density at radius 2 is 1.96 bits per heavy atom. The summed E-state index contributed by atoms with van der Waals surface area (Å²) in [6.45, 7) is 7.12. The maximum Gasteiger partial charge on any atom is 0.343 e. The summed E-state index contributed by atoms with van der Waals surface area (Å²) >= 11 is 1.66. The SMILES string of the molecule is CCCCCOCn1cc(C(=O)OCC)c(=O)c2cc(CC)c(SC)cc21. The molecule has 0 spiro atoms. The highest BCUT2D eigenvalue weighted by molar-refractivity contribution is 7.98. The molecule has 0 saturated heterocycles. The van der Waals surface area contributed by atoms with Crippen molar-refractivity contribution in [3.63, 3.8) is 0 Å². The number of carbonyl (C=O) groups excluding carboxylic acids is 1. The van der Waals surface area contributed by atoms with Crippen LogP contribution in [-0.4, -0.2) is 30.0 Å². The van der Waals surface area contributed by atoms with Crippen LogP contribution < -0.4 is 5.43 Å². The molecule has 1 heterocycles. The van der Waals surface area contributed by atoms with Crippen LogP contribution in [-0.2, 0) is 22.6 Å². The number of ether oxygens (including phenoxy) is 2. The van der Waals surface area contributed by atoms with E-state index in [9.17, 15) is 9.59 Å². The molecular weight excluding hydrogens is 362 g/mol. The number of unbranched alkanes of at least 4 members (excludes halogenated alkanes) is 2. The highest BCUT2D eigenvalue weighted by Gasteiger charge is 2.18. The van der Waals surface area contributed by atoms with E-state index in [0.717, 1.165) is 41.7 Å². The molecule has 2 rings (SSSR count). The third-order valence-electron chi connectivity index (χ3n) is 4.48. The fourth-order valence-corrected chi connectivity index (χ4v) is 3.70. The number of hydrogen-bond acceptors (Lipinski definition) is 5. The number of nitrogens with zero attached hydrogens (tertiary/aromatic N) is 1. The summed E-state index contributed by atoms with van der Waals surface area (Å²) < 4.78 is 12.7. The minimum atomic E-state index is -0.587. The monoisotopic (exact) mass is 391 g/mol. The zero-order chi connectivity index (χ0) is 19.8. The number of rotatable bonds is 10. The molecule has 0 unspecified atom stereocenters. The maximum atomic E-state index is 12.9. The van der Waals surface area contributed by atoms with E-state index in [1.54, 1.807) is 24.9 Å². The average Bonchev–Trinajstić information content (AvgIpc) is 2.68. The van der Waals surface area contributed by atoms with Crippen molar-refractivity contribution in [3.8, 4) is 0 Å². The minimum absolute atomic E-state index is 0.0560. The van der Waals surface area contributed by atoms with E-state index in [1.807, 2.05) is 23.0 Å². The van der Waals surface area contributed by atoms with Crippen LogP contribution in [0.25, 0.3) is 10.9 Å². The van der Waals surface area contributed by atoms with Crippen molar-refractivity contribution in [2.45, 2.75) is 58.1 Å². The molecule has 0 N–H and O–H groups in total. The van der Waals surface area contributed by atoms with E-state index in [-0.39, 0.29) is 17.6 Å². The second-order valence-corrected chi connectivity index (χ2v) is 7.19. The predicted molar refractivity (Wildman–Crippen MR) is 111 cm³/mol. The van der Waals surface area contributed by atoms with Crippen molar-refractivity contribution in [1.29, 1.82) is 0 Å². The summed E-state index contributed by atoms with van der Waals surface area (Å²) in [5.41, 5.74) is 1.65. The van der Waals surface area contributed by atoms with Gasteiger partial charge in [-0.3, -0.25) is 4.79 Å². The number of esters is 1. The van der Waals surface area contributed by atoms with Crippen LogP contribution in [0.3, 0.4) is 0 Å². The first kappa shape index (κ1) is 21.5. The van der Waals surface area contributed by atoms with Crippen LogP contribution in [0.5, 0.6) is 0 Å². The number of fused-ring (bicyclic) bond motifs is 1. The summed E-state index contributed by atoms with van der Waals surface area (Å²) in [5.74, 6) is -0.587. The first-order valence-corrected chi connectivity index (χ1v) is 10.8. The molecule has 2 aromatic rings. The Kier molecular flexibility index (Phi) is 8.38. The number of thioether (sulfide) groups is 1. The molecular formula is C21H29NO4S. The van der Waals surface area contributed by atoms with Crippen molar-refractivity contribution < 1.29 is 14.3 Å². The highest BCUT2D eigenvalue weighted by Crippen LogP contribution is 2.26. The lowest BCUT2D eigenvalue weighted by Gasteiger charge is -2.16. The molecule has 0 aliphatic heterocycles. The van der Waals surface area contributed by atoms with Gasteiger partial charge in [0.05, 0.1) is 12.1 Å². The standard InChI is InChI=1S/C21H29NO4S/c1-5-8-9-10-25-14-22-13-17(21(24)26-7-3)20(23)16-11-15(6-2)19(27-4)12-18(16)22/h11-13H,5-10,14H2,1-4H3.